The summed E-state index contributed by atoms with van der Waals surface area (Å²) in [5, 5.41) is 6.09. The first kappa shape index (κ1) is 20.7. The first-order chi connectivity index (χ1) is 14.1. The number of methoxy groups -OCH3 is 2. The molecule has 0 unspecified atom stereocenters. The van der Waals surface area contributed by atoms with Gasteiger partial charge in [-0.25, -0.2) is 4.98 Å². The highest BCUT2D eigenvalue weighted by Gasteiger charge is 2.16. The number of carbonyl (C=O) groups is 1. The van der Waals surface area contributed by atoms with Crippen molar-refractivity contribution in [2.24, 2.45) is 0 Å². The molecule has 1 aliphatic heterocycles. The Balaban J connectivity index is 1.55. The molecule has 1 aromatic heterocycles. The third kappa shape index (κ3) is 5.28. The number of aromatic nitrogens is 2. The van der Waals surface area contributed by atoms with Gasteiger partial charge in [0.25, 0.3) is 5.91 Å². The standard InChI is InChI=1S/C21H29N5O3/c1-15-14-18(26-12-5-4-6-13-26)25-21(24-15)23-11-10-22-20(27)16-8-7-9-17(28-2)19(16)29-3/h7-9,14H,4-6,10-13H2,1-3H3,(H,22,27)(H,23,24,25). The van der Waals surface area contributed by atoms with E-state index in [-0.39, 0.29) is 5.91 Å². The second kappa shape index (κ2) is 9.95. The van der Waals surface area contributed by atoms with Crippen LogP contribution in [0.25, 0.3) is 0 Å². The van der Waals surface area contributed by atoms with Crippen LogP contribution in [0.1, 0.15) is 35.3 Å². The van der Waals surface area contributed by atoms with E-state index in [1.165, 1.54) is 26.4 Å². The van der Waals surface area contributed by atoms with Crippen LogP contribution in [0.3, 0.4) is 0 Å². The molecule has 1 aromatic carbocycles. The minimum absolute atomic E-state index is 0.221. The minimum atomic E-state index is -0.221. The summed E-state index contributed by atoms with van der Waals surface area (Å²) in [4.78, 5) is 23.9. The summed E-state index contributed by atoms with van der Waals surface area (Å²) in [6.45, 7) is 4.98. The predicted octanol–water partition coefficient (Wildman–Crippen LogP) is 2.63. The fourth-order valence-electron chi connectivity index (χ4n) is 3.43. The smallest absolute Gasteiger partial charge is 0.255 e. The maximum Gasteiger partial charge on any atom is 0.255 e. The fraction of sp³-hybridized carbons (Fsp3) is 0.476. The van der Waals surface area contributed by atoms with Gasteiger partial charge >= 0.3 is 0 Å². The Bertz CT molecular complexity index is 837. The van der Waals surface area contributed by atoms with Gasteiger partial charge in [0.05, 0.1) is 19.8 Å². The zero-order chi connectivity index (χ0) is 20.6. The highest BCUT2D eigenvalue weighted by atomic mass is 16.5. The summed E-state index contributed by atoms with van der Waals surface area (Å²) in [7, 11) is 3.06. The lowest BCUT2D eigenvalue weighted by Crippen LogP contribution is -2.31. The van der Waals surface area contributed by atoms with Crippen molar-refractivity contribution in [3.63, 3.8) is 0 Å². The first-order valence-corrected chi connectivity index (χ1v) is 9.96. The van der Waals surface area contributed by atoms with Crippen molar-refractivity contribution in [1.29, 1.82) is 0 Å². The number of carbonyl (C=O) groups excluding carboxylic acids is 1. The Kier molecular flexibility index (Phi) is 7.10. The van der Waals surface area contributed by atoms with Crippen molar-refractivity contribution in [3.05, 3.63) is 35.5 Å². The van der Waals surface area contributed by atoms with Gasteiger partial charge in [0.2, 0.25) is 5.95 Å². The average Bonchev–Trinajstić information content (AvgIpc) is 2.76. The molecule has 1 aliphatic rings. The molecule has 1 saturated heterocycles. The summed E-state index contributed by atoms with van der Waals surface area (Å²) in [5.74, 6) is 2.27. The monoisotopic (exact) mass is 399 g/mol. The van der Waals surface area contributed by atoms with E-state index in [0.29, 0.717) is 36.1 Å². The van der Waals surface area contributed by atoms with E-state index in [1.807, 2.05) is 13.0 Å². The number of anilines is 2. The van der Waals surface area contributed by atoms with Gasteiger partial charge in [-0.2, -0.15) is 4.98 Å². The number of para-hydroxylation sites is 1. The molecule has 1 amide bonds. The van der Waals surface area contributed by atoms with Gasteiger partial charge in [-0.15, -0.1) is 0 Å². The van der Waals surface area contributed by atoms with Gasteiger partial charge < -0.3 is 25.0 Å². The average molecular weight is 399 g/mol. The zero-order valence-electron chi connectivity index (χ0n) is 17.3. The SMILES string of the molecule is COc1cccc(C(=O)NCCNc2nc(C)cc(N3CCCCC3)n2)c1OC. The van der Waals surface area contributed by atoms with Gasteiger partial charge in [0.15, 0.2) is 11.5 Å². The lowest BCUT2D eigenvalue weighted by Gasteiger charge is -2.28. The molecule has 1 fully saturated rings. The van der Waals surface area contributed by atoms with Crippen LogP contribution in [0.2, 0.25) is 0 Å². The summed E-state index contributed by atoms with van der Waals surface area (Å²) in [6.07, 6.45) is 3.68. The van der Waals surface area contributed by atoms with Gasteiger partial charge in [-0.1, -0.05) is 6.07 Å². The molecular weight excluding hydrogens is 370 g/mol. The molecule has 8 heteroatoms. The Labute approximate surface area is 171 Å². The number of rotatable bonds is 8. The van der Waals surface area contributed by atoms with Crippen molar-refractivity contribution < 1.29 is 14.3 Å². The number of benzene rings is 1. The molecule has 0 spiro atoms. The highest BCUT2D eigenvalue weighted by Crippen LogP contribution is 2.30. The van der Waals surface area contributed by atoms with Crippen LogP contribution in [0.5, 0.6) is 11.5 Å². The van der Waals surface area contributed by atoms with Crippen LogP contribution >= 0.6 is 0 Å². The van der Waals surface area contributed by atoms with Crippen molar-refractivity contribution in [3.8, 4) is 11.5 Å². The van der Waals surface area contributed by atoms with E-state index >= 15 is 0 Å². The quantitative estimate of drug-likeness (QED) is 0.660. The van der Waals surface area contributed by atoms with Crippen molar-refractivity contribution in [2.45, 2.75) is 26.2 Å². The van der Waals surface area contributed by atoms with Crippen LogP contribution in [-0.2, 0) is 0 Å². The van der Waals surface area contributed by atoms with Crippen molar-refractivity contribution >= 4 is 17.7 Å². The molecule has 3 rings (SSSR count). The number of piperidine rings is 1. The van der Waals surface area contributed by atoms with Gasteiger partial charge in [-0.05, 0) is 38.3 Å². The molecule has 2 aromatic rings. The van der Waals surface area contributed by atoms with Crippen molar-refractivity contribution in [2.75, 3.05) is 50.6 Å². The lowest BCUT2D eigenvalue weighted by molar-refractivity contribution is 0.0951. The topological polar surface area (TPSA) is 88.6 Å². The highest BCUT2D eigenvalue weighted by molar-refractivity contribution is 5.97. The largest absolute Gasteiger partial charge is 0.493 e. The number of nitrogens with one attached hydrogen (secondary N) is 2. The Morgan fingerprint density at radius 2 is 1.90 bits per heavy atom. The molecule has 0 radical (unpaired) electrons. The number of amides is 1. The van der Waals surface area contributed by atoms with E-state index in [1.54, 1.807) is 25.3 Å². The minimum Gasteiger partial charge on any atom is -0.493 e. The number of hydrogen-bond donors (Lipinski definition) is 2. The van der Waals surface area contributed by atoms with E-state index in [4.69, 9.17) is 9.47 Å². The van der Waals surface area contributed by atoms with Crippen LogP contribution in [0.15, 0.2) is 24.3 Å². The summed E-state index contributed by atoms with van der Waals surface area (Å²) >= 11 is 0. The van der Waals surface area contributed by atoms with Gasteiger partial charge in [0.1, 0.15) is 5.82 Å². The molecular formula is C21H29N5O3. The second-order valence-electron chi connectivity index (χ2n) is 6.96. The molecule has 29 heavy (non-hydrogen) atoms. The van der Waals surface area contributed by atoms with Crippen LogP contribution in [0.4, 0.5) is 11.8 Å². The zero-order valence-corrected chi connectivity index (χ0v) is 17.3. The van der Waals surface area contributed by atoms with E-state index in [2.05, 4.69) is 25.5 Å². The first-order valence-electron chi connectivity index (χ1n) is 9.96. The molecule has 2 heterocycles. The molecule has 8 nitrogen and oxygen atoms in total. The second-order valence-corrected chi connectivity index (χ2v) is 6.96. The predicted molar refractivity (Wildman–Crippen MR) is 113 cm³/mol. The Hall–Kier alpha value is -3.03. The van der Waals surface area contributed by atoms with Crippen molar-refractivity contribution in [1.82, 2.24) is 15.3 Å². The maximum atomic E-state index is 12.5. The van der Waals surface area contributed by atoms with E-state index < -0.39 is 0 Å². The summed E-state index contributed by atoms with van der Waals surface area (Å²) in [5.41, 5.74) is 1.36. The van der Waals surface area contributed by atoms with Crippen LogP contribution < -0.4 is 25.0 Å². The molecule has 0 aliphatic carbocycles. The molecule has 0 bridgehead atoms. The number of aryl methyl sites for hydroxylation is 1. The number of nitrogens with zero attached hydrogens (tertiary/aromatic N) is 3. The fourth-order valence-corrected chi connectivity index (χ4v) is 3.43. The van der Waals surface area contributed by atoms with Crippen LogP contribution in [0, 0.1) is 6.92 Å². The maximum absolute atomic E-state index is 12.5. The normalized spacial score (nSPS) is 13.7. The number of hydrogen-bond acceptors (Lipinski definition) is 7. The molecule has 156 valence electrons. The van der Waals surface area contributed by atoms with Gasteiger partial charge in [-0.3, -0.25) is 4.79 Å². The third-order valence-electron chi connectivity index (χ3n) is 4.86. The molecule has 0 saturated carbocycles. The summed E-state index contributed by atoms with van der Waals surface area (Å²) in [6, 6.07) is 7.25. The lowest BCUT2D eigenvalue weighted by atomic mass is 10.1. The van der Waals surface area contributed by atoms with Gasteiger partial charge in [0, 0.05) is 37.9 Å². The van der Waals surface area contributed by atoms with E-state index in [0.717, 1.165) is 24.6 Å². The third-order valence-corrected chi connectivity index (χ3v) is 4.86. The van der Waals surface area contributed by atoms with E-state index in [9.17, 15) is 4.79 Å². The Morgan fingerprint density at radius 1 is 1.10 bits per heavy atom. The summed E-state index contributed by atoms with van der Waals surface area (Å²) < 4.78 is 10.6. The van der Waals surface area contributed by atoms with Crippen LogP contribution in [-0.4, -0.2) is 56.3 Å². The molecule has 0 atom stereocenters. The Morgan fingerprint density at radius 3 is 2.62 bits per heavy atom. The molecule has 2 N–H and O–H groups in total. The number of ether oxygens (including phenoxy) is 2.